The molecule has 5 rings (SSSR count). The van der Waals surface area contributed by atoms with E-state index in [1.807, 2.05) is 53.4 Å². The molecule has 0 radical (unpaired) electrons. The van der Waals surface area contributed by atoms with Crippen molar-refractivity contribution in [2.75, 3.05) is 0 Å². The van der Waals surface area contributed by atoms with Gasteiger partial charge in [-0.3, -0.25) is 9.69 Å². The van der Waals surface area contributed by atoms with Crippen LogP contribution in [0.2, 0.25) is 10.0 Å². The molecule has 2 heterocycles. The van der Waals surface area contributed by atoms with Gasteiger partial charge in [0.05, 0.1) is 15.6 Å². The normalized spacial score (nSPS) is 19.7. The predicted molar refractivity (Wildman–Crippen MR) is 137 cm³/mol. The number of thioether (sulfide) groups is 1. The zero-order valence-electron chi connectivity index (χ0n) is 17.8. The van der Waals surface area contributed by atoms with Gasteiger partial charge in [0.25, 0.3) is 5.91 Å². The number of para-hydroxylation sites is 1. The second-order valence-corrected chi connectivity index (χ2v) is 9.99. The third-order valence-corrected chi connectivity index (χ3v) is 7.39. The molecule has 1 aliphatic heterocycles. The van der Waals surface area contributed by atoms with Gasteiger partial charge in [0.2, 0.25) is 0 Å². The highest BCUT2D eigenvalue weighted by Gasteiger charge is 2.38. The lowest BCUT2D eigenvalue weighted by Crippen LogP contribution is -2.40. The van der Waals surface area contributed by atoms with Crippen LogP contribution in [0, 0.1) is 0 Å². The first-order valence-electron chi connectivity index (χ1n) is 11.0. The van der Waals surface area contributed by atoms with E-state index in [0.29, 0.717) is 26.5 Å². The summed E-state index contributed by atoms with van der Waals surface area (Å²) in [6, 6.07) is 18.9. The molecule has 0 bridgehead atoms. The zero-order valence-corrected chi connectivity index (χ0v) is 20.2. The van der Waals surface area contributed by atoms with E-state index in [0.717, 1.165) is 42.1 Å². The van der Waals surface area contributed by atoms with E-state index < -0.39 is 0 Å². The van der Waals surface area contributed by atoms with Crippen LogP contribution in [0.1, 0.15) is 37.9 Å². The smallest absolute Gasteiger partial charge is 0.267 e. The Morgan fingerprint density at radius 1 is 1.00 bits per heavy atom. The number of carbonyl (C=O) groups excluding carboxylic acids is 1. The number of amides is 1. The van der Waals surface area contributed by atoms with Crippen LogP contribution in [-0.2, 0) is 4.79 Å². The maximum absolute atomic E-state index is 13.5. The fourth-order valence-corrected chi connectivity index (χ4v) is 5.77. The summed E-state index contributed by atoms with van der Waals surface area (Å²) in [5, 5.41) is 1.82. The number of amidine groups is 1. The van der Waals surface area contributed by atoms with Crippen LogP contribution in [0.3, 0.4) is 0 Å². The molecule has 7 heteroatoms. The van der Waals surface area contributed by atoms with Crippen LogP contribution >= 0.6 is 35.0 Å². The third kappa shape index (κ3) is 4.91. The molecule has 168 valence electrons. The molecule has 33 heavy (non-hydrogen) atoms. The van der Waals surface area contributed by atoms with Crippen LogP contribution in [0.25, 0.3) is 17.4 Å². The highest BCUT2D eigenvalue weighted by atomic mass is 35.5. The molecule has 2 aromatic carbocycles. The van der Waals surface area contributed by atoms with Crippen molar-refractivity contribution in [1.82, 2.24) is 4.90 Å². The Hall–Kier alpha value is -2.47. The van der Waals surface area contributed by atoms with Gasteiger partial charge in [-0.25, -0.2) is 4.99 Å². The number of hydrogen-bond acceptors (Lipinski definition) is 4. The summed E-state index contributed by atoms with van der Waals surface area (Å²) < 4.78 is 6.01. The van der Waals surface area contributed by atoms with Crippen molar-refractivity contribution in [3.63, 3.8) is 0 Å². The van der Waals surface area contributed by atoms with Crippen molar-refractivity contribution >= 4 is 57.8 Å². The second-order valence-electron chi connectivity index (χ2n) is 8.13. The van der Waals surface area contributed by atoms with E-state index in [2.05, 4.69) is 0 Å². The molecular weight excluding hydrogens is 475 g/mol. The SMILES string of the molecule is O=C1/C(=C/c2ccc(-c3ccc(Cl)cc3Cl)o2)SC(=Nc2ccccc2)N1C1CCCCC1. The summed E-state index contributed by atoms with van der Waals surface area (Å²) >= 11 is 13.7. The maximum Gasteiger partial charge on any atom is 0.267 e. The van der Waals surface area contributed by atoms with Gasteiger partial charge in [-0.1, -0.05) is 60.7 Å². The van der Waals surface area contributed by atoms with Crippen LogP contribution < -0.4 is 0 Å². The molecule has 3 aromatic rings. The third-order valence-electron chi connectivity index (χ3n) is 5.85. The van der Waals surface area contributed by atoms with Gasteiger partial charge in [-0.2, -0.15) is 0 Å². The molecular formula is C26H22Cl2N2O2S. The first-order valence-corrected chi connectivity index (χ1v) is 12.6. The first kappa shape index (κ1) is 22.3. The Kier molecular flexibility index (Phi) is 6.63. The van der Waals surface area contributed by atoms with Crippen molar-refractivity contribution in [2.45, 2.75) is 38.1 Å². The van der Waals surface area contributed by atoms with Crippen molar-refractivity contribution in [3.8, 4) is 11.3 Å². The van der Waals surface area contributed by atoms with Crippen molar-refractivity contribution in [2.24, 2.45) is 4.99 Å². The molecule has 1 aromatic heterocycles. The topological polar surface area (TPSA) is 45.8 Å². The van der Waals surface area contributed by atoms with Crippen LogP contribution in [-0.4, -0.2) is 22.0 Å². The summed E-state index contributed by atoms with van der Waals surface area (Å²) in [4.78, 5) is 20.8. The number of rotatable bonds is 4. The molecule has 1 aliphatic carbocycles. The average molecular weight is 497 g/mol. The minimum absolute atomic E-state index is 0.0101. The van der Waals surface area contributed by atoms with Gasteiger partial charge in [-0.15, -0.1) is 0 Å². The lowest BCUT2D eigenvalue weighted by molar-refractivity contribution is -0.124. The Bertz CT molecular complexity index is 1230. The van der Waals surface area contributed by atoms with E-state index in [1.165, 1.54) is 18.2 Å². The average Bonchev–Trinajstić information content (AvgIpc) is 3.40. The number of benzene rings is 2. The lowest BCUT2D eigenvalue weighted by Gasteiger charge is -2.30. The van der Waals surface area contributed by atoms with E-state index in [-0.39, 0.29) is 11.9 Å². The molecule has 1 amide bonds. The van der Waals surface area contributed by atoms with Gasteiger partial charge >= 0.3 is 0 Å². The number of carbonyl (C=O) groups is 1. The molecule has 0 unspecified atom stereocenters. The lowest BCUT2D eigenvalue weighted by atomic mass is 9.94. The van der Waals surface area contributed by atoms with Crippen molar-refractivity contribution < 1.29 is 9.21 Å². The number of halogens is 2. The van der Waals surface area contributed by atoms with Gasteiger partial charge in [0, 0.05) is 22.7 Å². The number of aliphatic imine (C=N–C) groups is 1. The van der Waals surface area contributed by atoms with E-state index in [1.54, 1.807) is 18.2 Å². The Balaban J connectivity index is 1.46. The highest BCUT2D eigenvalue weighted by molar-refractivity contribution is 8.18. The fraction of sp³-hybridized carbons (Fsp3) is 0.231. The van der Waals surface area contributed by atoms with Gasteiger partial charge in [-0.05, 0) is 67.1 Å². The van der Waals surface area contributed by atoms with Crippen LogP contribution in [0.5, 0.6) is 0 Å². The van der Waals surface area contributed by atoms with E-state index in [4.69, 9.17) is 32.6 Å². The van der Waals surface area contributed by atoms with Crippen molar-refractivity contribution in [3.05, 3.63) is 81.4 Å². The predicted octanol–water partition coefficient (Wildman–Crippen LogP) is 8.19. The largest absolute Gasteiger partial charge is 0.457 e. The quantitative estimate of drug-likeness (QED) is 0.342. The minimum Gasteiger partial charge on any atom is -0.457 e. The molecule has 0 atom stereocenters. The molecule has 0 N–H and O–H groups in total. The second kappa shape index (κ2) is 9.80. The summed E-state index contributed by atoms with van der Waals surface area (Å²) in [7, 11) is 0. The fourth-order valence-electron chi connectivity index (χ4n) is 4.23. The molecule has 4 nitrogen and oxygen atoms in total. The summed E-state index contributed by atoms with van der Waals surface area (Å²) in [6.45, 7) is 0. The zero-order chi connectivity index (χ0) is 22.8. The maximum atomic E-state index is 13.5. The van der Waals surface area contributed by atoms with Gasteiger partial charge in [0.15, 0.2) is 5.17 Å². The van der Waals surface area contributed by atoms with E-state index >= 15 is 0 Å². The van der Waals surface area contributed by atoms with Crippen molar-refractivity contribution in [1.29, 1.82) is 0 Å². The Morgan fingerprint density at radius 2 is 1.79 bits per heavy atom. The standard InChI is InChI=1S/C26H22Cl2N2O2S/c27-17-11-13-21(22(28)15-17)23-14-12-20(32-23)16-24-25(31)30(19-9-5-2-6-10-19)26(33-24)29-18-7-3-1-4-8-18/h1,3-4,7-8,11-16,19H,2,5-6,9-10H2/b24-16-,29-26?. The Labute approximate surface area is 207 Å². The summed E-state index contributed by atoms with van der Waals surface area (Å²) in [5.41, 5.74) is 1.60. The van der Waals surface area contributed by atoms with E-state index in [9.17, 15) is 4.79 Å². The van der Waals surface area contributed by atoms with Crippen LogP contribution in [0.15, 0.2) is 75.0 Å². The molecule has 1 saturated heterocycles. The highest BCUT2D eigenvalue weighted by Crippen LogP contribution is 2.39. The molecule has 2 fully saturated rings. The van der Waals surface area contributed by atoms with Gasteiger partial charge in [0.1, 0.15) is 11.5 Å². The summed E-state index contributed by atoms with van der Waals surface area (Å²) in [5.74, 6) is 1.21. The van der Waals surface area contributed by atoms with Crippen LogP contribution in [0.4, 0.5) is 5.69 Å². The minimum atomic E-state index is -0.0101. The first-order chi connectivity index (χ1) is 16.1. The number of hydrogen-bond donors (Lipinski definition) is 0. The number of furan rings is 1. The van der Waals surface area contributed by atoms with Gasteiger partial charge < -0.3 is 4.42 Å². The molecule has 2 aliphatic rings. The Morgan fingerprint density at radius 3 is 2.55 bits per heavy atom. The molecule has 0 spiro atoms. The number of nitrogens with zero attached hydrogens (tertiary/aromatic N) is 2. The molecule has 1 saturated carbocycles. The monoisotopic (exact) mass is 496 g/mol. The summed E-state index contributed by atoms with van der Waals surface area (Å²) in [6.07, 6.45) is 7.31.